The van der Waals surface area contributed by atoms with Gasteiger partial charge in [-0.2, -0.15) is 0 Å². The molecule has 0 aliphatic carbocycles. The van der Waals surface area contributed by atoms with Crippen molar-refractivity contribution < 1.29 is 9.53 Å². The van der Waals surface area contributed by atoms with E-state index < -0.39 is 5.97 Å². The molecule has 0 aromatic carbocycles. The Bertz CT molecular complexity index is 118. The van der Waals surface area contributed by atoms with Crippen molar-refractivity contribution in [1.82, 2.24) is 0 Å². The van der Waals surface area contributed by atoms with E-state index in [1.165, 1.54) is 13.2 Å². The van der Waals surface area contributed by atoms with Crippen LogP contribution in [0.15, 0.2) is 11.1 Å². The summed E-state index contributed by atoms with van der Waals surface area (Å²) in [5.74, 6) is -0.492. The fraction of sp³-hybridized carbons (Fsp3) is 0.400. The molecule has 46 valence electrons. The van der Waals surface area contributed by atoms with E-state index in [1.807, 2.05) is 0 Å². The molecule has 0 saturated heterocycles. The molecule has 0 aliphatic rings. The molecular formula is C5H7ClO2. The van der Waals surface area contributed by atoms with Crippen LogP contribution in [0.4, 0.5) is 0 Å². The predicted octanol–water partition coefficient (Wildman–Crippen LogP) is 1.30. The molecule has 0 atom stereocenters. The van der Waals surface area contributed by atoms with Crippen molar-refractivity contribution in [3.63, 3.8) is 0 Å². The first-order chi connectivity index (χ1) is 3.72. The van der Waals surface area contributed by atoms with Crippen molar-refractivity contribution in [2.45, 2.75) is 6.92 Å². The maximum absolute atomic E-state index is 10.3. The van der Waals surface area contributed by atoms with Crippen LogP contribution < -0.4 is 0 Å². The van der Waals surface area contributed by atoms with E-state index in [-0.39, 0.29) is 5.03 Å². The summed E-state index contributed by atoms with van der Waals surface area (Å²) in [7, 11) is 1.29. The zero-order valence-electron chi connectivity index (χ0n) is 4.77. The number of carbonyl (C=O) groups is 1. The molecule has 0 unspecified atom stereocenters. The maximum Gasteiger partial charge on any atom is 0.349 e. The highest BCUT2D eigenvalue weighted by Crippen LogP contribution is 2.00. The maximum atomic E-state index is 10.3. The number of esters is 1. The van der Waals surface area contributed by atoms with E-state index in [9.17, 15) is 4.79 Å². The molecule has 0 spiro atoms. The van der Waals surface area contributed by atoms with Crippen LogP contribution in [0.5, 0.6) is 0 Å². The van der Waals surface area contributed by atoms with E-state index in [4.69, 9.17) is 11.6 Å². The lowest BCUT2D eigenvalue weighted by Crippen LogP contribution is -1.98. The standard InChI is InChI=1S/C5H7ClO2/c1-3-4(6)5(7)8-2/h3H,1-2H3/b4-3-. The minimum Gasteiger partial charge on any atom is -0.465 e. The molecule has 0 heterocycles. The Labute approximate surface area is 53.1 Å². The van der Waals surface area contributed by atoms with Gasteiger partial charge in [-0.1, -0.05) is 17.7 Å². The topological polar surface area (TPSA) is 26.3 Å². The van der Waals surface area contributed by atoms with Crippen LogP contribution in [0.25, 0.3) is 0 Å². The Morgan fingerprint density at radius 2 is 2.25 bits per heavy atom. The normalized spacial score (nSPS) is 11.1. The number of hydrogen-bond acceptors (Lipinski definition) is 2. The van der Waals surface area contributed by atoms with Crippen LogP contribution >= 0.6 is 11.6 Å². The Kier molecular flexibility index (Phi) is 3.28. The summed E-state index contributed by atoms with van der Waals surface area (Å²) in [6.07, 6.45) is 1.48. The number of methoxy groups -OCH3 is 1. The third kappa shape index (κ3) is 1.98. The molecule has 0 N–H and O–H groups in total. The highest BCUT2D eigenvalue weighted by atomic mass is 35.5. The van der Waals surface area contributed by atoms with Crippen molar-refractivity contribution >= 4 is 17.6 Å². The van der Waals surface area contributed by atoms with Crippen LogP contribution in [-0.2, 0) is 9.53 Å². The van der Waals surface area contributed by atoms with E-state index in [0.717, 1.165) is 0 Å². The van der Waals surface area contributed by atoms with Gasteiger partial charge in [-0.25, -0.2) is 4.79 Å². The lowest BCUT2D eigenvalue weighted by Gasteiger charge is -1.91. The molecule has 0 radical (unpaired) electrons. The average Bonchev–Trinajstić information content (AvgIpc) is 1.84. The fourth-order valence-corrected chi connectivity index (χ4v) is 0.293. The van der Waals surface area contributed by atoms with Gasteiger partial charge in [-0.05, 0) is 6.92 Å². The van der Waals surface area contributed by atoms with E-state index >= 15 is 0 Å². The molecular weight excluding hydrogens is 128 g/mol. The van der Waals surface area contributed by atoms with E-state index in [1.54, 1.807) is 6.92 Å². The van der Waals surface area contributed by atoms with Crippen molar-refractivity contribution in [2.24, 2.45) is 0 Å². The Hall–Kier alpha value is -0.500. The summed E-state index contributed by atoms with van der Waals surface area (Å²) in [4.78, 5) is 10.3. The molecule has 3 heteroatoms. The largest absolute Gasteiger partial charge is 0.465 e. The predicted molar refractivity (Wildman–Crippen MR) is 31.6 cm³/mol. The number of carbonyl (C=O) groups excluding carboxylic acids is 1. The molecule has 0 saturated carbocycles. The Morgan fingerprint density at radius 3 is 2.38 bits per heavy atom. The minimum atomic E-state index is -0.492. The van der Waals surface area contributed by atoms with Crippen molar-refractivity contribution in [3.8, 4) is 0 Å². The number of ether oxygens (including phenoxy) is 1. The molecule has 0 aromatic heterocycles. The van der Waals surface area contributed by atoms with Crippen LogP contribution in [0, 0.1) is 0 Å². The van der Waals surface area contributed by atoms with Crippen LogP contribution in [0.2, 0.25) is 0 Å². The second kappa shape index (κ2) is 3.50. The third-order valence-corrected chi connectivity index (χ3v) is 1.01. The first-order valence-electron chi connectivity index (χ1n) is 2.12. The zero-order valence-corrected chi connectivity index (χ0v) is 5.53. The second-order valence-electron chi connectivity index (χ2n) is 1.13. The summed E-state index contributed by atoms with van der Waals surface area (Å²) in [6.45, 7) is 1.67. The molecule has 0 aliphatic heterocycles. The highest BCUT2D eigenvalue weighted by Gasteiger charge is 2.01. The summed E-state index contributed by atoms with van der Waals surface area (Å²) in [5.41, 5.74) is 0. The molecule has 0 rings (SSSR count). The molecule has 2 nitrogen and oxygen atoms in total. The molecule has 0 bridgehead atoms. The first-order valence-corrected chi connectivity index (χ1v) is 2.50. The van der Waals surface area contributed by atoms with Gasteiger partial charge in [0.15, 0.2) is 0 Å². The zero-order chi connectivity index (χ0) is 6.57. The molecule has 0 amide bonds. The highest BCUT2D eigenvalue weighted by molar-refractivity contribution is 6.41. The smallest absolute Gasteiger partial charge is 0.349 e. The van der Waals surface area contributed by atoms with Crippen molar-refractivity contribution in [2.75, 3.05) is 7.11 Å². The average molecular weight is 135 g/mol. The van der Waals surface area contributed by atoms with Crippen molar-refractivity contribution in [1.29, 1.82) is 0 Å². The summed E-state index contributed by atoms with van der Waals surface area (Å²) in [5, 5.41) is 0.118. The number of rotatable bonds is 1. The summed E-state index contributed by atoms with van der Waals surface area (Å²) >= 11 is 5.30. The molecule has 8 heavy (non-hydrogen) atoms. The van der Waals surface area contributed by atoms with E-state index in [2.05, 4.69) is 4.74 Å². The van der Waals surface area contributed by atoms with Gasteiger partial charge >= 0.3 is 5.97 Å². The van der Waals surface area contributed by atoms with Crippen LogP contribution in [-0.4, -0.2) is 13.1 Å². The summed E-state index contributed by atoms with van der Waals surface area (Å²) < 4.78 is 4.26. The summed E-state index contributed by atoms with van der Waals surface area (Å²) in [6, 6.07) is 0. The van der Waals surface area contributed by atoms with Crippen molar-refractivity contribution in [3.05, 3.63) is 11.1 Å². The third-order valence-electron chi connectivity index (χ3n) is 0.634. The minimum absolute atomic E-state index is 0.118. The van der Waals surface area contributed by atoms with Gasteiger partial charge < -0.3 is 4.74 Å². The van der Waals surface area contributed by atoms with Crippen LogP contribution in [0.1, 0.15) is 6.92 Å². The number of hydrogen-bond donors (Lipinski definition) is 0. The van der Waals surface area contributed by atoms with Gasteiger partial charge in [0.25, 0.3) is 0 Å². The number of halogens is 1. The van der Waals surface area contributed by atoms with Gasteiger partial charge in [0.2, 0.25) is 0 Å². The first kappa shape index (κ1) is 7.50. The monoisotopic (exact) mass is 134 g/mol. The lowest BCUT2D eigenvalue weighted by molar-refractivity contribution is -0.135. The van der Waals surface area contributed by atoms with Gasteiger partial charge in [-0.15, -0.1) is 0 Å². The second-order valence-corrected chi connectivity index (χ2v) is 1.54. The fourth-order valence-electron chi connectivity index (χ4n) is 0.215. The quantitative estimate of drug-likeness (QED) is 0.399. The number of allylic oxidation sites excluding steroid dienone is 1. The molecule has 0 aromatic rings. The molecule has 0 fully saturated rings. The Morgan fingerprint density at radius 1 is 1.75 bits per heavy atom. The van der Waals surface area contributed by atoms with Gasteiger partial charge in [0.1, 0.15) is 5.03 Å². The SMILES string of the molecule is C/C=C(\Cl)C(=O)OC. The van der Waals surface area contributed by atoms with Gasteiger partial charge in [-0.3, -0.25) is 0 Å². The van der Waals surface area contributed by atoms with Gasteiger partial charge in [0.05, 0.1) is 7.11 Å². The lowest BCUT2D eigenvalue weighted by atomic mass is 10.5. The Balaban J connectivity index is 3.83. The van der Waals surface area contributed by atoms with Crippen LogP contribution in [0.3, 0.4) is 0 Å². The van der Waals surface area contributed by atoms with Gasteiger partial charge in [0, 0.05) is 0 Å². The van der Waals surface area contributed by atoms with E-state index in [0.29, 0.717) is 0 Å².